The largest absolute Gasteiger partial charge is 0.446 e. The molecule has 12 rings (SSSR count). The van der Waals surface area contributed by atoms with Gasteiger partial charge in [0, 0.05) is 18.4 Å². The van der Waals surface area contributed by atoms with Gasteiger partial charge in [-0.05, 0) is 119 Å². The number of rotatable bonds is 9. The predicted octanol–water partition coefficient (Wildman–Crippen LogP) is 4.47. The highest BCUT2D eigenvalue weighted by Gasteiger charge is 2.40. The number of nitro groups is 3. The minimum atomic E-state index is -0.836. The van der Waals surface area contributed by atoms with Crippen LogP contribution >= 0.6 is 12.1 Å². The van der Waals surface area contributed by atoms with Crippen molar-refractivity contribution in [3.8, 4) is 34.6 Å². The lowest BCUT2D eigenvalue weighted by Gasteiger charge is -2.30. The molecule has 72 heavy (non-hydrogen) atoms. The maximum atomic E-state index is 13.4. The van der Waals surface area contributed by atoms with Crippen LogP contribution in [-0.2, 0) is 19.3 Å². The molecule has 0 N–H and O–H groups in total. The quantitative estimate of drug-likeness (QED) is 0.109. The second-order valence-electron chi connectivity index (χ2n) is 14.9. The Bertz CT molecular complexity index is 3380. The molecular weight excluding hydrogens is 1000 g/mol. The summed E-state index contributed by atoms with van der Waals surface area (Å²) < 4.78 is 80.4. The van der Waals surface area contributed by atoms with Gasteiger partial charge in [-0.3, -0.25) is 13.6 Å². The van der Waals surface area contributed by atoms with Crippen molar-refractivity contribution in [2.24, 2.45) is 0 Å². The van der Waals surface area contributed by atoms with E-state index in [0.29, 0.717) is 36.0 Å². The summed E-state index contributed by atoms with van der Waals surface area (Å²) in [7, 11) is 0. The number of hydrogen-bond donors (Lipinski definition) is 0. The van der Waals surface area contributed by atoms with Crippen molar-refractivity contribution in [1.82, 2.24) is 60.1 Å². The van der Waals surface area contributed by atoms with Crippen LogP contribution < -0.4 is 17.3 Å². The summed E-state index contributed by atoms with van der Waals surface area (Å²) in [6, 6.07) is 11.0. The summed E-state index contributed by atoms with van der Waals surface area (Å²) in [5.41, 5.74) is 3.35. The van der Waals surface area contributed by atoms with E-state index in [-0.39, 0.29) is 46.7 Å². The summed E-state index contributed by atoms with van der Waals surface area (Å²) in [4.78, 5) is 66.1. The van der Waals surface area contributed by atoms with Gasteiger partial charge in [-0.1, -0.05) is 33.7 Å². The zero-order valence-electron chi connectivity index (χ0n) is 35.3. The van der Waals surface area contributed by atoms with Gasteiger partial charge in [0.05, 0.1) is 18.1 Å². The van der Waals surface area contributed by atoms with E-state index in [4.69, 9.17) is 0 Å². The molecule has 30 nitrogen and oxygen atoms in total. The second-order valence-corrected chi connectivity index (χ2v) is 15.2. The molecule has 1 unspecified atom stereocenters. The Hall–Kier alpha value is -9.83. The molecule has 368 valence electrons. The first-order chi connectivity index (χ1) is 34.6. The molecule has 0 radical (unpaired) electrons. The van der Waals surface area contributed by atoms with E-state index in [0.717, 1.165) is 30.4 Å². The number of nitrogens with zero attached hydrogens (tertiary/aromatic N) is 15. The summed E-state index contributed by atoms with van der Waals surface area (Å²) in [6.07, 6.45) is 2.68. The first kappa shape index (κ1) is 47.2. The topological polar surface area (TPSA) is 390 Å². The monoisotopic (exact) mass is 1020 g/mol. The molecule has 0 spiro atoms. The molecule has 6 heterocycles. The molecule has 9 aromatic rings. The molecule has 0 amide bonds. The van der Waals surface area contributed by atoms with Gasteiger partial charge in [0.15, 0.2) is 15.5 Å². The maximum Gasteiger partial charge on any atom is 0.446 e. The second kappa shape index (κ2) is 18.9. The molecule has 3 atom stereocenters. The molecule has 6 aromatic heterocycles. The van der Waals surface area contributed by atoms with Crippen molar-refractivity contribution in [3.05, 3.63) is 167 Å². The van der Waals surface area contributed by atoms with Gasteiger partial charge in [-0.2, -0.15) is 3.89 Å². The normalized spacial score (nSPS) is 15.5. The van der Waals surface area contributed by atoms with Crippen LogP contribution in [0.15, 0.2) is 96.4 Å². The minimum Gasteiger partial charge on any atom is -0.358 e. The molecule has 0 saturated carbocycles. The number of halogens is 4. The lowest BCUT2D eigenvalue weighted by molar-refractivity contribution is -0.390. The Morgan fingerprint density at radius 3 is 1.01 bits per heavy atom. The standard InChI is InChI=1S/3C12H6FN5O5.CH3FS/c3*13-6-2-1-5-3-8(7(5)4-6)17-10(15-22-12(17)19)9-11(18(20)21)16-23-14-9;1-3-2/h3*1-2,4,8H,3H2;1H3/t2*8-;;/m10../s1. The highest BCUT2D eigenvalue weighted by atomic mass is 32.2. The van der Waals surface area contributed by atoms with Crippen molar-refractivity contribution in [2.45, 2.75) is 37.4 Å². The van der Waals surface area contributed by atoms with Crippen LogP contribution in [0.1, 0.15) is 51.5 Å². The van der Waals surface area contributed by atoms with Gasteiger partial charge < -0.3 is 30.3 Å². The number of benzene rings is 3. The fourth-order valence-electron chi connectivity index (χ4n) is 7.84. The van der Waals surface area contributed by atoms with Crippen molar-refractivity contribution in [2.75, 3.05) is 6.26 Å². The summed E-state index contributed by atoms with van der Waals surface area (Å²) in [6.45, 7) is 0. The zero-order chi connectivity index (χ0) is 51.1. The fraction of sp³-hybridized carbons (Fsp3) is 0.189. The highest BCUT2D eigenvalue weighted by molar-refractivity contribution is 7.93. The van der Waals surface area contributed by atoms with Crippen LogP contribution in [0.25, 0.3) is 34.6 Å². The van der Waals surface area contributed by atoms with Gasteiger partial charge in [-0.15, -0.1) is 13.9 Å². The first-order valence-electron chi connectivity index (χ1n) is 19.8. The van der Waals surface area contributed by atoms with Crippen molar-refractivity contribution in [3.63, 3.8) is 0 Å². The average Bonchev–Trinajstić information content (AvgIpc) is 4.20. The number of aromatic nitrogens is 12. The number of fused-ring (bicyclic) bond motifs is 3. The van der Waals surface area contributed by atoms with Crippen LogP contribution in [-0.4, -0.2) is 81.1 Å². The summed E-state index contributed by atoms with van der Waals surface area (Å²) in [5.74, 6) is -6.50. The maximum absolute atomic E-state index is 13.4. The van der Waals surface area contributed by atoms with Crippen molar-refractivity contribution >= 4 is 29.6 Å². The molecule has 35 heteroatoms. The van der Waals surface area contributed by atoms with Gasteiger partial charge in [0.2, 0.25) is 17.5 Å². The van der Waals surface area contributed by atoms with Crippen molar-refractivity contribution < 1.29 is 59.3 Å². The van der Waals surface area contributed by atoms with E-state index in [9.17, 15) is 61.8 Å². The van der Waals surface area contributed by atoms with Crippen LogP contribution in [0.3, 0.4) is 0 Å². The molecule has 0 aliphatic heterocycles. The van der Waals surface area contributed by atoms with Gasteiger partial charge in [-0.25, -0.2) is 41.3 Å². The van der Waals surface area contributed by atoms with Gasteiger partial charge >= 0.3 is 34.7 Å². The van der Waals surface area contributed by atoms with Gasteiger partial charge in [0.1, 0.15) is 17.5 Å². The first-order valence-corrected chi connectivity index (χ1v) is 20.9. The smallest absolute Gasteiger partial charge is 0.358 e. The Morgan fingerprint density at radius 1 is 0.500 bits per heavy atom. The zero-order valence-corrected chi connectivity index (χ0v) is 36.1. The fourth-order valence-corrected chi connectivity index (χ4v) is 7.84. The Kier molecular flexibility index (Phi) is 12.4. The van der Waals surface area contributed by atoms with E-state index < -0.39 is 85.1 Å². The van der Waals surface area contributed by atoms with E-state index in [1.54, 1.807) is 18.2 Å². The highest BCUT2D eigenvalue weighted by Crippen LogP contribution is 2.41. The lowest BCUT2D eigenvalue weighted by atomic mass is 9.83. The third kappa shape index (κ3) is 8.42. The van der Waals surface area contributed by atoms with Crippen LogP contribution in [0.4, 0.5) is 34.5 Å². The Balaban J connectivity index is 0.000000130. The minimum absolute atomic E-state index is 0.192. The lowest BCUT2D eigenvalue weighted by Crippen LogP contribution is -2.31. The molecule has 3 aliphatic carbocycles. The Labute approximate surface area is 394 Å². The van der Waals surface area contributed by atoms with Crippen LogP contribution in [0.2, 0.25) is 0 Å². The van der Waals surface area contributed by atoms with Crippen LogP contribution in [0, 0.1) is 47.8 Å². The molecule has 0 bridgehead atoms. The average molecular weight is 1020 g/mol. The van der Waals surface area contributed by atoms with E-state index in [1.807, 2.05) is 0 Å². The number of hydrogen-bond acceptors (Lipinski definition) is 25. The molecule has 3 aliphatic rings. The third-order valence-electron chi connectivity index (χ3n) is 11.0. The Morgan fingerprint density at radius 2 is 0.764 bits per heavy atom. The summed E-state index contributed by atoms with van der Waals surface area (Å²) in [5, 5.41) is 63.0. The predicted molar refractivity (Wildman–Crippen MR) is 221 cm³/mol. The molecule has 3 aromatic carbocycles. The SMILES string of the molecule is CSF.O=c1onc(-c2nonc2[N+](=O)[O-])n1C1Cc2ccc(F)cc21.O=c1onc(-c2nonc2[N+](=O)[O-])n1[C@@H]1Cc2ccc(F)cc21.O=c1onc(-c2nonc2[N+](=O)[O-])n1[C@H]1Cc2ccc(F)cc21. The van der Waals surface area contributed by atoms with Gasteiger partial charge in [0.25, 0.3) is 17.1 Å². The van der Waals surface area contributed by atoms with E-state index in [1.165, 1.54) is 42.7 Å². The van der Waals surface area contributed by atoms with E-state index >= 15 is 0 Å². The van der Waals surface area contributed by atoms with Crippen LogP contribution in [0.5, 0.6) is 0 Å². The van der Waals surface area contributed by atoms with Crippen molar-refractivity contribution in [1.29, 1.82) is 0 Å². The molecule has 0 saturated heterocycles. The third-order valence-corrected chi connectivity index (χ3v) is 11.0. The molecule has 0 fully saturated rings. The summed E-state index contributed by atoms with van der Waals surface area (Å²) >= 11 is 0.250. The van der Waals surface area contributed by atoms with E-state index in [2.05, 4.69) is 73.9 Å². The molecular formula is C37H21F4N15O15S.